The van der Waals surface area contributed by atoms with E-state index in [0.717, 1.165) is 25.7 Å². The van der Waals surface area contributed by atoms with Crippen LogP contribution in [0.25, 0.3) is 0 Å². The summed E-state index contributed by atoms with van der Waals surface area (Å²) in [5.41, 5.74) is 0.618. The average molecular weight is 279 g/mol. The van der Waals surface area contributed by atoms with Gasteiger partial charge in [-0.1, -0.05) is 12.8 Å². The molecule has 0 aromatic carbocycles. The Morgan fingerprint density at radius 2 is 2.20 bits per heavy atom. The molecule has 1 saturated carbocycles. The number of carbonyl (C=O) groups excluding carboxylic acids is 1. The fourth-order valence-electron chi connectivity index (χ4n) is 2.93. The first-order chi connectivity index (χ1) is 9.50. The van der Waals surface area contributed by atoms with Crippen LogP contribution >= 0.6 is 0 Å². The number of aromatic nitrogens is 2. The van der Waals surface area contributed by atoms with E-state index in [1.807, 2.05) is 13.8 Å². The molecule has 0 bridgehead atoms. The molecule has 0 saturated heterocycles. The zero-order valence-corrected chi connectivity index (χ0v) is 12.6. The Hall–Kier alpha value is -1.36. The van der Waals surface area contributed by atoms with E-state index in [9.17, 15) is 9.90 Å². The van der Waals surface area contributed by atoms with Crippen LogP contribution in [0.3, 0.4) is 0 Å². The number of aliphatic hydroxyl groups excluding tert-OH is 1. The SMILES string of the molecule is CC(C)n1nccc1C(=O)N(C)CC1CCCCC1O. The summed E-state index contributed by atoms with van der Waals surface area (Å²) < 4.78 is 1.75. The summed E-state index contributed by atoms with van der Waals surface area (Å²) in [7, 11) is 1.81. The third-order valence-corrected chi connectivity index (χ3v) is 4.10. The third-order valence-electron chi connectivity index (χ3n) is 4.10. The second-order valence-corrected chi connectivity index (χ2v) is 6.05. The highest BCUT2D eigenvalue weighted by Crippen LogP contribution is 2.25. The van der Waals surface area contributed by atoms with Crippen LogP contribution in [0.4, 0.5) is 0 Å². The molecule has 20 heavy (non-hydrogen) atoms. The Bertz CT molecular complexity index is 456. The van der Waals surface area contributed by atoms with Crippen LogP contribution in [0.5, 0.6) is 0 Å². The lowest BCUT2D eigenvalue weighted by Crippen LogP contribution is -2.38. The molecule has 0 aliphatic heterocycles. The summed E-state index contributed by atoms with van der Waals surface area (Å²) >= 11 is 0. The molecule has 1 aliphatic carbocycles. The predicted molar refractivity (Wildman–Crippen MR) is 77.5 cm³/mol. The van der Waals surface area contributed by atoms with Crippen LogP contribution in [-0.2, 0) is 0 Å². The maximum Gasteiger partial charge on any atom is 0.271 e. The second-order valence-electron chi connectivity index (χ2n) is 6.05. The molecule has 1 aliphatic rings. The summed E-state index contributed by atoms with van der Waals surface area (Å²) in [6.07, 6.45) is 5.49. The van der Waals surface area contributed by atoms with Crippen molar-refractivity contribution in [2.24, 2.45) is 5.92 Å². The van der Waals surface area contributed by atoms with Crippen molar-refractivity contribution >= 4 is 5.91 Å². The minimum atomic E-state index is -0.269. The van der Waals surface area contributed by atoms with E-state index in [1.165, 1.54) is 0 Å². The van der Waals surface area contributed by atoms with Gasteiger partial charge in [0.25, 0.3) is 5.91 Å². The Kier molecular flexibility index (Phi) is 4.81. The van der Waals surface area contributed by atoms with Crippen molar-refractivity contribution in [3.8, 4) is 0 Å². The number of nitrogens with zero attached hydrogens (tertiary/aromatic N) is 3. The Labute approximate surface area is 120 Å². The number of aliphatic hydroxyl groups is 1. The molecule has 1 aromatic heterocycles. The molecule has 2 rings (SSSR count). The largest absolute Gasteiger partial charge is 0.393 e. The van der Waals surface area contributed by atoms with E-state index in [2.05, 4.69) is 5.10 Å². The van der Waals surface area contributed by atoms with Crippen LogP contribution in [0.1, 0.15) is 56.1 Å². The topological polar surface area (TPSA) is 58.4 Å². The zero-order valence-electron chi connectivity index (χ0n) is 12.6. The van der Waals surface area contributed by atoms with Gasteiger partial charge in [0, 0.05) is 31.7 Å². The summed E-state index contributed by atoms with van der Waals surface area (Å²) in [4.78, 5) is 14.2. The van der Waals surface area contributed by atoms with Gasteiger partial charge < -0.3 is 10.0 Å². The highest BCUT2D eigenvalue weighted by Gasteiger charge is 2.27. The van der Waals surface area contributed by atoms with Gasteiger partial charge in [0.05, 0.1) is 6.10 Å². The molecule has 0 spiro atoms. The lowest BCUT2D eigenvalue weighted by Gasteiger charge is -2.31. The summed E-state index contributed by atoms with van der Waals surface area (Å²) in [5, 5.41) is 14.2. The van der Waals surface area contributed by atoms with Crippen molar-refractivity contribution in [3.63, 3.8) is 0 Å². The lowest BCUT2D eigenvalue weighted by atomic mass is 9.86. The molecule has 2 atom stereocenters. The standard InChI is InChI=1S/C15H25N3O2/c1-11(2)18-13(8-9-16-18)15(20)17(3)10-12-6-4-5-7-14(12)19/h8-9,11-12,14,19H,4-7,10H2,1-3H3. The molecule has 0 radical (unpaired) electrons. The monoisotopic (exact) mass is 279 g/mol. The van der Waals surface area contributed by atoms with Gasteiger partial charge in [0.1, 0.15) is 5.69 Å². The number of hydrogen-bond donors (Lipinski definition) is 1. The maximum atomic E-state index is 12.5. The first kappa shape index (κ1) is 15.0. The van der Waals surface area contributed by atoms with Crippen LogP contribution < -0.4 is 0 Å². The minimum absolute atomic E-state index is 0.0195. The lowest BCUT2D eigenvalue weighted by molar-refractivity contribution is 0.0445. The van der Waals surface area contributed by atoms with Gasteiger partial charge in [-0.25, -0.2) is 0 Å². The fraction of sp³-hybridized carbons (Fsp3) is 0.733. The minimum Gasteiger partial charge on any atom is -0.393 e. The van der Waals surface area contributed by atoms with Crippen molar-refractivity contribution in [3.05, 3.63) is 18.0 Å². The van der Waals surface area contributed by atoms with Crippen LogP contribution in [-0.4, -0.2) is 45.4 Å². The first-order valence-electron chi connectivity index (χ1n) is 7.47. The van der Waals surface area contributed by atoms with Gasteiger partial charge in [0.2, 0.25) is 0 Å². The number of hydrogen-bond acceptors (Lipinski definition) is 3. The highest BCUT2D eigenvalue weighted by atomic mass is 16.3. The van der Waals surface area contributed by atoms with Crippen LogP contribution in [0.2, 0.25) is 0 Å². The fourth-order valence-corrected chi connectivity index (χ4v) is 2.93. The van der Waals surface area contributed by atoms with Gasteiger partial charge in [-0.2, -0.15) is 5.10 Å². The molecular formula is C15H25N3O2. The van der Waals surface area contributed by atoms with Crippen molar-refractivity contribution in [2.45, 2.75) is 51.7 Å². The Morgan fingerprint density at radius 1 is 1.50 bits per heavy atom. The first-order valence-corrected chi connectivity index (χ1v) is 7.47. The van der Waals surface area contributed by atoms with Crippen molar-refractivity contribution in [2.75, 3.05) is 13.6 Å². The summed E-state index contributed by atoms with van der Waals surface area (Å²) in [5.74, 6) is 0.182. The van der Waals surface area contributed by atoms with Gasteiger partial charge in [-0.05, 0) is 32.8 Å². The number of rotatable bonds is 4. The van der Waals surface area contributed by atoms with Gasteiger partial charge in [-0.3, -0.25) is 9.48 Å². The zero-order chi connectivity index (χ0) is 14.7. The van der Waals surface area contributed by atoms with E-state index in [0.29, 0.717) is 12.2 Å². The van der Waals surface area contributed by atoms with Crippen LogP contribution in [0.15, 0.2) is 12.3 Å². The molecule has 1 N–H and O–H groups in total. The number of amides is 1. The van der Waals surface area contributed by atoms with E-state index in [-0.39, 0.29) is 24.0 Å². The van der Waals surface area contributed by atoms with Crippen molar-refractivity contribution in [1.82, 2.24) is 14.7 Å². The average Bonchev–Trinajstić information content (AvgIpc) is 2.89. The van der Waals surface area contributed by atoms with Gasteiger partial charge >= 0.3 is 0 Å². The normalized spacial score (nSPS) is 23.1. The third kappa shape index (κ3) is 3.20. The quantitative estimate of drug-likeness (QED) is 0.918. The number of carbonyl (C=O) groups is 1. The van der Waals surface area contributed by atoms with Gasteiger partial charge in [0.15, 0.2) is 0 Å². The molecule has 1 heterocycles. The molecule has 1 fully saturated rings. The van der Waals surface area contributed by atoms with E-state index >= 15 is 0 Å². The van der Waals surface area contributed by atoms with Gasteiger partial charge in [-0.15, -0.1) is 0 Å². The van der Waals surface area contributed by atoms with Crippen LogP contribution in [0, 0.1) is 5.92 Å². The maximum absolute atomic E-state index is 12.5. The van der Waals surface area contributed by atoms with Crippen molar-refractivity contribution in [1.29, 1.82) is 0 Å². The van der Waals surface area contributed by atoms with E-state index in [1.54, 1.807) is 28.9 Å². The predicted octanol–water partition coefficient (Wildman–Crippen LogP) is 2.09. The molecule has 1 aromatic rings. The molecule has 2 unspecified atom stereocenters. The smallest absolute Gasteiger partial charge is 0.271 e. The molecule has 5 nitrogen and oxygen atoms in total. The van der Waals surface area contributed by atoms with E-state index < -0.39 is 0 Å². The molecule has 5 heteroatoms. The molecule has 1 amide bonds. The highest BCUT2D eigenvalue weighted by molar-refractivity contribution is 5.92. The summed E-state index contributed by atoms with van der Waals surface area (Å²) in [6.45, 7) is 4.63. The Morgan fingerprint density at radius 3 is 2.85 bits per heavy atom. The Balaban J connectivity index is 2.03. The second kappa shape index (κ2) is 6.39. The van der Waals surface area contributed by atoms with Crippen molar-refractivity contribution < 1.29 is 9.90 Å². The summed E-state index contributed by atoms with van der Waals surface area (Å²) in [6, 6.07) is 1.92. The molecular weight excluding hydrogens is 254 g/mol. The molecule has 112 valence electrons. The van der Waals surface area contributed by atoms with E-state index in [4.69, 9.17) is 0 Å².